The number of alkyl halides is 3. The van der Waals surface area contributed by atoms with Crippen molar-refractivity contribution in [2.24, 2.45) is 4.99 Å². The van der Waals surface area contributed by atoms with Gasteiger partial charge in [0, 0.05) is 6.07 Å². The first-order chi connectivity index (χ1) is 12.1. The molecule has 26 heavy (non-hydrogen) atoms. The Morgan fingerprint density at radius 3 is 2.46 bits per heavy atom. The van der Waals surface area contributed by atoms with Crippen LogP contribution < -0.4 is 4.90 Å². The molecule has 1 aromatic carbocycles. The van der Waals surface area contributed by atoms with Gasteiger partial charge in [0.2, 0.25) is 0 Å². The van der Waals surface area contributed by atoms with E-state index in [4.69, 9.17) is 0 Å². The number of rotatable bonds is 4. The van der Waals surface area contributed by atoms with Crippen LogP contribution in [-0.4, -0.2) is 50.0 Å². The third-order valence-electron chi connectivity index (χ3n) is 3.56. The largest absolute Gasteiger partial charge is 0.467 e. The maximum absolute atomic E-state index is 13.4. The van der Waals surface area contributed by atoms with E-state index in [-0.39, 0.29) is 12.6 Å². The fourth-order valence-electron chi connectivity index (χ4n) is 2.34. The molecule has 1 aliphatic rings. The third-order valence-corrected chi connectivity index (χ3v) is 3.56. The first-order valence-corrected chi connectivity index (χ1v) is 6.95. The van der Waals surface area contributed by atoms with Gasteiger partial charge in [0.25, 0.3) is 5.69 Å². The number of ether oxygens (including phenoxy) is 2. The Morgan fingerprint density at radius 2 is 1.96 bits per heavy atom. The summed E-state index contributed by atoms with van der Waals surface area (Å²) in [6, 6.07) is -0.114. The number of carbonyl (C=O) groups excluding carboxylic acids is 2. The minimum absolute atomic E-state index is 0.251. The zero-order chi connectivity index (χ0) is 19.6. The quantitative estimate of drug-likeness (QED) is 0.448. The highest BCUT2D eigenvalue weighted by Gasteiger charge is 2.40. The van der Waals surface area contributed by atoms with Gasteiger partial charge in [-0.3, -0.25) is 15.1 Å². The second kappa shape index (κ2) is 6.98. The van der Waals surface area contributed by atoms with Crippen molar-refractivity contribution in [3.63, 3.8) is 0 Å². The van der Waals surface area contributed by atoms with Crippen molar-refractivity contribution in [3.05, 3.63) is 33.4 Å². The molecule has 1 aromatic rings. The van der Waals surface area contributed by atoms with Crippen LogP contribution in [0.5, 0.6) is 0 Å². The number of benzene rings is 1. The maximum atomic E-state index is 13.4. The van der Waals surface area contributed by atoms with Crippen molar-refractivity contribution in [1.82, 2.24) is 0 Å². The number of methoxy groups -OCH3 is 2. The van der Waals surface area contributed by atoms with Crippen LogP contribution in [0, 0.1) is 10.1 Å². The number of hydrogen-bond donors (Lipinski definition) is 0. The number of halogens is 3. The van der Waals surface area contributed by atoms with Crippen molar-refractivity contribution in [2.45, 2.75) is 12.2 Å². The Labute approximate surface area is 144 Å². The number of esters is 2. The maximum Gasteiger partial charge on any atom is 0.418 e. The summed E-state index contributed by atoms with van der Waals surface area (Å²) < 4.78 is 49.0. The van der Waals surface area contributed by atoms with Crippen LogP contribution in [0.3, 0.4) is 0 Å². The summed E-state index contributed by atoms with van der Waals surface area (Å²) in [6.45, 7) is -0.284. The molecule has 140 valence electrons. The molecule has 0 radical (unpaired) electrons. The Bertz CT molecular complexity index is 793. The number of carbonyl (C=O) groups is 2. The van der Waals surface area contributed by atoms with Gasteiger partial charge in [0.1, 0.15) is 5.56 Å². The van der Waals surface area contributed by atoms with E-state index in [1.54, 1.807) is 0 Å². The smallest absolute Gasteiger partial charge is 0.418 e. The molecule has 0 saturated heterocycles. The van der Waals surface area contributed by atoms with Crippen LogP contribution in [0.2, 0.25) is 0 Å². The Hall–Kier alpha value is -3.18. The van der Waals surface area contributed by atoms with Crippen molar-refractivity contribution in [3.8, 4) is 0 Å². The number of nitro groups is 1. The molecule has 0 fully saturated rings. The lowest BCUT2D eigenvalue weighted by atomic mass is 10.0. The first-order valence-electron chi connectivity index (χ1n) is 6.95. The minimum Gasteiger partial charge on any atom is -0.467 e. The molecule has 1 atom stereocenters. The van der Waals surface area contributed by atoms with Gasteiger partial charge in [0.05, 0.1) is 43.3 Å². The van der Waals surface area contributed by atoms with E-state index >= 15 is 0 Å². The Kier molecular flexibility index (Phi) is 5.14. The monoisotopic (exact) mass is 375 g/mol. The van der Waals surface area contributed by atoms with E-state index in [9.17, 15) is 32.9 Å². The van der Waals surface area contributed by atoms with Crippen LogP contribution in [0.15, 0.2) is 17.1 Å². The minimum atomic E-state index is -4.95. The van der Waals surface area contributed by atoms with Crippen LogP contribution in [0.25, 0.3) is 0 Å². The van der Waals surface area contributed by atoms with E-state index < -0.39 is 51.6 Å². The predicted molar refractivity (Wildman–Crippen MR) is 81.1 cm³/mol. The molecule has 2 rings (SSSR count). The molecular weight excluding hydrogens is 363 g/mol. The van der Waals surface area contributed by atoms with Crippen molar-refractivity contribution in [1.29, 1.82) is 0 Å². The highest BCUT2D eigenvalue weighted by molar-refractivity contribution is 5.98. The zero-order valence-electron chi connectivity index (χ0n) is 13.4. The van der Waals surface area contributed by atoms with Crippen molar-refractivity contribution in [2.75, 3.05) is 25.7 Å². The summed E-state index contributed by atoms with van der Waals surface area (Å²) in [5, 5.41) is 11.1. The van der Waals surface area contributed by atoms with E-state index in [1.165, 1.54) is 0 Å². The second-order valence-electron chi connectivity index (χ2n) is 5.09. The number of anilines is 1. The third kappa shape index (κ3) is 3.58. The fourth-order valence-corrected chi connectivity index (χ4v) is 2.34. The molecule has 0 bridgehead atoms. The first kappa shape index (κ1) is 19.1. The molecule has 1 heterocycles. The Morgan fingerprint density at radius 1 is 1.31 bits per heavy atom. The number of aliphatic imine (C=N–C) groups is 1. The lowest BCUT2D eigenvalue weighted by Crippen LogP contribution is -2.30. The normalized spacial score (nSPS) is 16.5. The van der Waals surface area contributed by atoms with E-state index in [2.05, 4.69) is 14.5 Å². The van der Waals surface area contributed by atoms with E-state index in [1.807, 2.05) is 0 Å². The summed E-state index contributed by atoms with van der Waals surface area (Å²) in [7, 11) is 2.04. The van der Waals surface area contributed by atoms with Gasteiger partial charge in [-0.15, -0.1) is 0 Å². The molecule has 9 nitrogen and oxygen atoms in total. The van der Waals surface area contributed by atoms with Gasteiger partial charge in [-0.05, 0) is 6.07 Å². The predicted octanol–water partition coefficient (Wildman–Crippen LogP) is 1.79. The van der Waals surface area contributed by atoms with Gasteiger partial charge in [-0.1, -0.05) is 0 Å². The van der Waals surface area contributed by atoms with Crippen LogP contribution in [-0.2, 0) is 20.4 Å². The molecule has 0 saturated carbocycles. The fraction of sp³-hybridized carbons (Fsp3) is 0.357. The van der Waals surface area contributed by atoms with Crippen molar-refractivity contribution < 1.29 is 37.2 Å². The summed E-state index contributed by atoms with van der Waals surface area (Å²) in [6.07, 6.45) is -3.98. The Balaban J connectivity index is 2.60. The second-order valence-corrected chi connectivity index (χ2v) is 5.09. The number of nitro benzene ring substituents is 1. The van der Waals surface area contributed by atoms with Gasteiger partial charge in [-0.25, -0.2) is 9.59 Å². The summed E-state index contributed by atoms with van der Waals surface area (Å²) in [5.74, 6) is -1.93. The average molecular weight is 375 g/mol. The summed E-state index contributed by atoms with van der Waals surface area (Å²) >= 11 is 0. The topological polar surface area (TPSA) is 111 Å². The van der Waals surface area contributed by atoms with Gasteiger partial charge < -0.3 is 14.4 Å². The molecular formula is C14H12F3N3O6. The van der Waals surface area contributed by atoms with Crippen LogP contribution >= 0.6 is 0 Å². The van der Waals surface area contributed by atoms with E-state index in [0.717, 1.165) is 25.5 Å². The highest BCUT2D eigenvalue weighted by atomic mass is 19.4. The molecule has 0 N–H and O–H groups in total. The molecule has 0 aliphatic carbocycles. The summed E-state index contributed by atoms with van der Waals surface area (Å²) in [5.41, 5.74) is -3.63. The molecule has 0 spiro atoms. The number of nitrogens with zero attached hydrogens (tertiary/aromatic N) is 3. The molecule has 1 aliphatic heterocycles. The van der Waals surface area contributed by atoms with Crippen molar-refractivity contribution >= 4 is 29.7 Å². The molecule has 1 unspecified atom stereocenters. The standard InChI is InChI=1S/C14H12F3N3O6/c1-25-12(21)7-3-11(19-5-9(18-6-19)13(22)26-2)8(14(15,16)17)4-10(7)20(23)24/h3-4,6,9H,5H2,1-2H3. The average Bonchev–Trinajstić information content (AvgIpc) is 3.08. The SMILES string of the molecule is COC(=O)c1cc(N2C=NC(C(=O)OC)C2)c(C(F)(F)F)cc1[N+](=O)[O-]. The van der Waals surface area contributed by atoms with Gasteiger partial charge in [-0.2, -0.15) is 13.2 Å². The lowest BCUT2D eigenvalue weighted by molar-refractivity contribution is -0.385. The molecule has 0 amide bonds. The summed E-state index contributed by atoms with van der Waals surface area (Å²) in [4.78, 5) is 37.9. The van der Waals surface area contributed by atoms with Gasteiger partial charge in [0.15, 0.2) is 6.04 Å². The van der Waals surface area contributed by atoms with Crippen LogP contribution in [0.4, 0.5) is 24.5 Å². The molecule has 12 heteroatoms. The van der Waals surface area contributed by atoms with E-state index in [0.29, 0.717) is 6.07 Å². The van der Waals surface area contributed by atoms with Gasteiger partial charge >= 0.3 is 18.1 Å². The zero-order valence-corrected chi connectivity index (χ0v) is 13.4. The van der Waals surface area contributed by atoms with Crippen LogP contribution in [0.1, 0.15) is 15.9 Å². The lowest BCUT2D eigenvalue weighted by Gasteiger charge is -2.21. The molecule has 0 aromatic heterocycles. The highest BCUT2D eigenvalue weighted by Crippen LogP contribution is 2.41. The number of hydrogen-bond acceptors (Lipinski definition) is 8.